The number of allylic oxidation sites excluding steroid dienone is 1. The van der Waals surface area contributed by atoms with Crippen LogP contribution in [-0.4, -0.2) is 30.0 Å². The number of pyridine rings is 1. The Morgan fingerprint density at radius 1 is 1.07 bits per heavy atom. The summed E-state index contributed by atoms with van der Waals surface area (Å²) in [5.41, 5.74) is 3.00. The summed E-state index contributed by atoms with van der Waals surface area (Å²) in [5, 5.41) is 2.40. The van der Waals surface area contributed by atoms with Crippen LogP contribution in [0.15, 0.2) is 53.9 Å². The molecule has 0 atom stereocenters. The zero-order valence-corrected chi connectivity index (χ0v) is 17.1. The minimum atomic E-state index is -0.403. The zero-order chi connectivity index (χ0) is 21.1. The Morgan fingerprint density at radius 3 is 2.50 bits per heavy atom. The van der Waals surface area contributed by atoms with E-state index in [2.05, 4.69) is 10.3 Å². The molecule has 0 spiro atoms. The minimum absolute atomic E-state index is 0.220. The summed E-state index contributed by atoms with van der Waals surface area (Å²) >= 11 is 0. The van der Waals surface area contributed by atoms with Crippen LogP contribution in [0.3, 0.4) is 0 Å². The van der Waals surface area contributed by atoms with Gasteiger partial charge in [0, 0.05) is 12.4 Å². The van der Waals surface area contributed by atoms with Gasteiger partial charge in [-0.1, -0.05) is 6.07 Å². The van der Waals surface area contributed by atoms with E-state index in [9.17, 15) is 9.59 Å². The van der Waals surface area contributed by atoms with Crippen LogP contribution in [-0.2, 0) is 9.59 Å². The van der Waals surface area contributed by atoms with Gasteiger partial charge in [0.05, 0.1) is 24.4 Å². The molecular weight excluding hydrogens is 380 g/mol. The maximum atomic E-state index is 12.6. The standard InChI is InChI=1S/C24H24N2O4/c1-15(17-7-8-20(21(14-17)29-2)30-18-5-3-4-6-18)22-19(23(27)26-24(22)28)13-16-9-11-25-12-10-16/h7-14,18H,3-6H2,1-2H3,(H,26,27,28). The number of nitrogens with one attached hydrogen (secondary N) is 1. The average Bonchev–Trinajstić information content (AvgIpc) is 3.36. The molecule has 1 saturated heterocycles. The van der Waals surface area contributed by atoms with Crippen molar-refractivity contribution < 1.29 is 19.1 Å². The van der Waals surface area contributed by atoms with Gasteiger partial charge in [0.15, 0.2) is 11.5 Å². The van der Waals surface area contributed by atoms with Crippen molar-refractivity contribution in [3.05, 3.63) is 65.0 Å². The maximum Gasteiger partial charge on any atom is 0.259 e. The molecule has 2 aliphatic rings. The van der Waals surface area contributed by atoms with Gasteiger partial charge in [-0.2, -0.15) is 0 Å². The highest BCUT2D eigenvalue weighted by atomic mass is 16.5. The summed E-state index contributed by atoms with van der Waals surface area (Å²) < 4.78 is 11.6. The molecule has 0 unspecified atom stereocenters. The van der Waals surface area contributed by atoms with Gasteiger partial charge in [0.2, 0.25) is 0 Å². The highest BCUT2D eigenvalue weighted by molar-refractivity contribution is 6.29. The Balaban J connectivity index is 1.71. The topological polar surface area (TPSA) is 77.5 Å². The monoisotopic (exact) mass is 404 g/mol. The number of imide groups is 1. The summed E-state index contributed by atoms with van der Waals surface area (Å²) in [6, 6.07) is 9.20. The van der Waals surface area contributed by atoms with E-state index in [1.165, 1.54) is 12.8 Å². The van der Waals surface area contributed by atoms with Crippen LogP contribution in [0, 0.1) is 0 Å². The second kappa shape index (κ2) is 8.53. The van der Waals surface area contributed by atoms with E-state index >= 15 is 0 Å². The van der Waals surface area contributed by atoms with E-state index in [1.807, 2.05) is 25.1 Å². The number of hydrogen-bond donors (Lipinski definition) is 1. The summed E-state index contributed by atoms with van der Waals surface area (Å²) in [6.07, 6.45) is 9.69. The Kier molecular flexibility index (Phi) is 5.65. The fourth-order valence-corrected chi connectivity index (χ4v) is 3.93. The molecule has 1 aromatic heterocycles. The van der Waals surface area contributed by atoms with E-state index in [4.69, 9.17) is 9.47 Å². The quantitative estimate of drug-likeness (QED) is 0.604. The molecule has 1 saturated carbocycles. The lowest BCUT2D eigenvalue weighted by Crippen LogP contribution is -2.20. The lowest BCUT2D eigenvalue weighted by atomic mass is 9.95. The van der Waals surface area contributed by atoms with E-state index < -0.39 is 11.8 Å². The molecule has 0 radical (unpaired) electrons. The van der Waals surface area contributed by atoms with E-state index in [0.717, 1.165) is 24.0 Å². The van der Waals surface area contributed by atoms with Crippen LogP contribution in [0.2, 0.25) is 0 Å². The molecule has 0 bridgehead atoms. The third kappa shape index (κ3) is 3.99. The summed E-state index contributed by atoms with van der Waals surface area (Å²) in [4.78, 5) is 28.9. The molecule has 2 amide bonds. The van der Waals surface area contributed by atoms with Gasteiger partial charge >= 0.3 is 0 Å². The predicted octanol–water partition coefficient (Wildman–Crippen LogP) is 3.93. The molecule has 2 fully saturated rings. The second-order valence-electron chi connectivity index (χ2n) is 7.51. The van der Waals surface area contributed by atoms with Crippen molar-refractivity contribution >= 4 is 23.5 Å². The molecule has 4 rings (SSSR count). The van der Waals surface area contributed by atoms with Crippen LogP contribution in [0.4, 0.5) is 0 Å². The van der Waals surface area contributed by atoms with E-state index in [1.54, 1.807) is 37.7 Å². The highest BCUT2D eigenvalue weighted by Crippen LogP contribution is 2.36. The highest BCUT2D eigenvalue weighted by Gasteiger charge is 2.32. The van der Waals surface area contributed by atoms with Gasteiger partial charge in [-0.3, -0.25) is 19.9 Å². The first kappa shape index (κ1) is 19.9. The van der Waals surface area contributed by atoms with Crippen molar-refractivity contribution in [2.45, 2.75) is 38.7 Å². The third-order valence-electron chi connectivity index (χ3n) is 5.55. The number of methoxy groups -OCH3 is 1. The third-order valence-corrected chi connectivity index (χ3v) is 5.55. The number of ether oxygens (including phenoxy) is 2. The number of nitrogens with zero attached hydrogens (tertiary/aromatic N) is 1. The number of carbonyl (C=O) groups is 2. The van der Waals surface area contributed by atoms with Gasteiger partial charge in [-0.15, -0.1) is 0 Å². The molecular formula is C24H24N2O4. The largest absolute Gasteiger partial charge is 0.493 e. The fourth-order valence-electron chi connectivity index (χ4n) is 3.93. The van der Waals surface area contributed by atoms with Gasteiger partial charge in [-0.05, 0) is 79.6 Å². The molecule has 1 aliphatic heterocycles. The zero-order valence-electron chi connectivity index (χ0n) is 17.1. The first-order chi connectivity index (χ1) is 14.6. The van der Waals surface area contributed by atoms with Crippen molar-refractivity contribution in [1.82, 2.24) is 10.3 Å². The SMILES string of the molecule is COc1cc(C(C)=C2C(=O)NC(=O)C2=Cc2ccncc2)ccc1OC1CCCC1. The molecule has 2 heterocycles. The van der Waals surface area contributed by atoms with Crippen molar-refractivity contribution in [2.24, 2.45) is 0 Å². The lowest BCUT2D eigenvalue weighted by Gasteiger charge is -2.17. The Bertz CT molecular complexity index is 1030. The van der Waals surface area contributed by atoms with E-state index in [0.29, 0.717) is 28.2 Å². The van der Waals surface area contributed by atoms with Crippen molar-refractivity contribution in [3.63, 3.8) is 0 Å². The lowest BCUT2D eigenvalue weighted by molar-refractivity contribution is -0.123. The van der Waals surface area contributed by atoms with Crippen molar-refractivity contribution in [2.75, 3.05) is 7.11 Å². The first-order valence-electron chi connectivity index (χ1n) is 10.1. The summed E-state index contributed by atoms with van der Waals surface area (Å²) in [5.74, 6) is 0.511. The average molecular weight is 404 g/mol. The van der Waals surface area contributed by atoms with Crippen LogP contribution < -0.4 is 14.8 Å². The minimum Gasteiger partial charge on any atom is -0.493 e. The van der Waals surface area contributed by atoms with Crippen molar-refractivity contribution in [3.8, 4) is 11.5 Å². The molecule has 6 heteroatoms. The molecule has 2 aromatic rings. The van der Waals surface area contributed by atoms with Gasteiger partial charge in [0.1, 0.15) is 0 Å². The van der Waals surface area contributed by atoms with Crippen LogP contribution in [0.5, 0.6) is 11.5 Å². The fraction of sp³-hybridized carbons (Fsp3) is 0.292. The molecule has 1 aromatic carbocycles. The number of carbonyl (C=O) groups excluding carboxylic acids is 2. The second-order valence-corrected chi connectivity index (χ2v) is 7.51. The summed E-state index contributed by atoms with van der Waals surface area (Å²) in [7, 11) is 1.60. The van der Waals surface area contributed by atoms with Crippen molar-refractivity contribution in [1.29, 1.82) is 0 Å². The molecule has 30 heavy (non-hydrogen) atoms. The summed E-state index contributed by atoms with van der Waals surface area (Å²) in [6.45, 7) is 1.83. The Hall–Kier alpha value is -3.41. The number of amides is 2. The van der Waals surface area contributed by atoms with Gasteiger partial charge in [0.25, 0.3) is 11.8 Å². The molecule has 154 valence electrons. The number of aromatic nitrogens is 1. The van der Waals surface area contributed by atoms with Gasteiger partial charge < -0.3 is 9.47 Å². The number of benzene rings is 1. The molecule has 1 aliphatic carbocycles. The number of rotatable bonds is 5. The van der Waals surface area contributed by atoms with Crippen LogP contribution in [0.1, 0.15) is 43.7 Å². The predicted molar refractivity (Wildman–Crippen MR) is 114 cm³/mol. The normalized spacial score (nSPS) is 19.9. The van der Waals surface area contributed by atoms with Gasteiger partial charge in [-0.25, -0.2) is 0 Å². The molecule has 1 N–H and O–H groups in total. The van der Waals surface area contributed by atoms with Crippen LogP contribution in [0.25, 0.3) is 11.6 Å². The Morgan fingerprint density at radius 2 is 1.80 bits per heavy atom. The Labute approximate surface area is 175 Å². The first-order valence-corrected chi connectivity index (χ1v) is 10.1. The number of hydrogen-bond acceptors (Lipinski definition) is 5. The van der Waals surface area contributed by atoms with Crippen LogP contribution >= 0.6 is 0 Å². The maximum absolute atomic E-state index is 12.6. The molecule has 6 nitrogen and oxygen atoms in total. The van der Waals surface area contributed by atoms with E-state index in [-0.39, 0.29) is 6.10 Å². The smallest absolute Gasteiger partial charge is 0.259 e.